The summed E-state index contributed by atoms with van der Waals surface area (Å²) in [6, 6.07) is 15.6. The third-order valence-corrected chi connectivity index (χ3v) is 8.37. The molecule has 1 atom stereocenters. The number of thiazole rings is 1. The van der Waals surface area contributed by atoms with Crippen LogP contribution >= 0.6 is 38.6 Å². The molecule has 0 saturated heterocycles. The number of aromatic nitrogens is 1. The Kier molecular flexibility index (Phi) is 8.72. The van der Waals surface area contributed by atoms with Gasteiger partial charge in [-0.3, -0.25) is 0 Å². The Morgan fingerprint density at radius 3 is 2.60 bits per heavy atom. The fourth-order valence-electron chi connectivity index (χ4n) is 4.35. The lowest BCUT2D eigenvalue weighted by Crippen LogP contribution is -2.19. The molecule has 3 heterocycles. The molecule has 0 bridgehead atoms. The van der Waals surface area contributed by atoms with Crippen molar-refractivity contribution >= 4 is 55.4 Å². The van der Waals surface area contributed by atoms with E-state index in [2.05, 4.69) is 27.4 Å². The number of methoxy groups -OCH3 is 2. The van der Waals surface area contributed by atoms with E-state index < -0.39 is 5.97 Å². The van der Waals surface area contributed by atoms with Gasteiger partial charge < -0.3 is 18.9 Å². The number of carbonyl (C=O) groups excluding carboxylic acids is 1. The monoisotopic (exact) mass is 641 g/mol. The lowest BCUT2D eigenvalue weighted by atomic mass is 10.0. The van der Waals surface area contributed by atoms with Crippen LogP contribution in [0.2, 0.25) is 0 Å². The number of anilines is 1. The molecule has 0 N–H and O–H groups in total. The van der Waals surface area contributed by atoms with Crippen molar-refractivity contribution in [3.63, 3.8) is 0 Å². The van der Waals surface area contributed by atoms with Crippen molar-refractivity contribution in [3.8, 4) is 28.5 Å². The molecule has 5 rings (SSSR count). The molecule has 1 unspecified atom stereocenters. The highest BCUT2D eigenvalue weighted by Gasteiger charge is 2.33. The quantitative estimate of drug-likeness (QED) is 0.168. The molecule has 1 aliphatic heterocycles. The molecule has 0 fully saturated rings. The van der Waals surface area contributed by atoms with Gasteiger partial charge in [0.25, 0.3) is 0 Å². The number of benzene rings is 2. The number of ether oxygens (including phenoxy) is 4. The predicted octanol–water partition coefficient (Wildman–Crippen LogP) is 7.34. The maximum absolute atomic E-state index is 12.1. The van der Waals surface area contributed by atoms with E-state index in [0.717, 1.165) is 37.0 Å². The largest absolute Gasteiger partial charge is 0.493 e. The molecular formula is C29H28BrN3O5S2. The fourth-order valence-corrected chi connectivity index (χ4v) is 6.26. The van der Waals surface area contributed by atoms with Crippen molar-refractivity contribution in [2.24, 2.45) is 5.10 Å². The Morgan fingerprint density at radius 1 is 1.07 bits per heavy atom. The van der Waals surface area contributed by atoms with E-state index in [4.69, 9.17) is 29.0 Å². The Labute approximate surface area is 249 Å². The molecule has 2 aromatic carbocycles. The molecule has 40 heavy (non-hydrogen) atoms. The van der Waals surface area contributed by atoms with Gasteiger partial charge in [0, 0.05) is 21.8 Å². The summed E-state index contributed by atoms with van der Waals surface area (Å²) in [7, 11) is 3.26. The number of carbonyl (C=O) groups is 1. The summed E-state index contributed by atoms with van der Waals surface area (Å²) < 4.78 is 23.0. The van der Waals surface area contributed by atoms with Crippen LogP contribution in [0.4, 0.5) is 5.13 Å². The Bertz CT molecular complexity index is 1520. The van der Waals surface area contributed by atoms with Gasteiger partial charge in [-0.25, -0.2) is 14.8 Å². The van der Waals surface area contributed by atoms with E-state index >= 15 is 0 Å². The van der Waals surface area contributed by atoms with Gasteiger partial charge in [0.2, 0.25) is 5.13 Å². The predicted molar refractivity (Wildman–Crippen MR) is 162 cm³/mol. The number of thiophene rings is 1. The molecule has 208 valence electrons. The maximum atomic E-state index is 12.1. The van der Waals surface area contributed by atoms with Gasteiger partial charge in [0.15, 0.2) is 18.1 Å². The third-order valence-electron chi connectivity index (χ3n) is 6.13. The lowest BCUT2D eigenvalue weighted by Gasteiger charge is -2.22. The number of hydrogen-bond acceptors (Lipinski definition) is 10. The van der Waals surface area contributed by atoms with Crippen LogP contribution in [0, 0.1) is 0 Å². The van der Waals surface area contributed by atoms with Gasteiger partial charge in [0.1, 0.15) is 5.75 Å². The minimum absolute atomic E-state index is 0.0834. The first kappa shape index (κ1) is 28.1. The van der Waals surface area contributed by atoms with Crippen molar-refractivity contribution < 1.29 is 23.7 Å². The number of halogens is 1. The topological polar surface area (TPSA) is 82.5 Å². The van der Waals surface area contributed by atoms with Gasteiger partial charge in [-0.15, -0.1) is 22.7 Å². The number of rotatable bonds is 10. The Hall–Kier alpha value is -3.41. The van der Waals surface area contributed by atoms with Crippen LogP contribution in [-0.4, -0.2) is 43.6 Å². The standard InChI is InChI=1S/C29H28BrN3O5S2/c1-17(2)38-28(34)15-37-24-10-8-19(30)13-20(24)22-16-40-29(31-22)33-23(14-21(32-33)27-6-5-11-39-27)18-7-9-25(35-3)26(12-18)36-4/h5-13,16-17,23H,14-15H2,1-4H3. The van der Waals surface area contributed by atoms with Crippen LogP contribution in [0.5, 0.6) is 17.2 Å². The average Bonchev–Trinajstić information content (AvgIpc) is 3.72. The summed E-state index contributed by atoms with van der Waals surface area (Å²) in [6.07, 6.45) is 0.508. The summed E-state index contributed by atoms with van der Waals surface area (Å²) in [4.78, 5) is 18.2. The highest BCUT2D eigenvalue weighted by Crippen LogP contribution is 2.43. The number of hydrogen-bond donors (Lipinski definition) is 0. The van der Waals surface area contributed by atoms with Gasteiger partial charge in [0.05, 0.1) is 42.6 Å². The molecular weight excluding hydrogens is 614 g/mol. The normalized spacial score (nSPS) is 14.8. The van der Waals surface area contributed by atoms with Gasteiger partial charge in [-0.2, -0.15) is 5.10 Å². The summed E-state index contributed by atoms with van der Waals surface area (Å²) in [5.74, 6) is 1.46. The third kappa shape index (κ3) is 6.16. The second-order valence-corrected chi connectivity index (χ2v) is 11.9. The van der Waals surface area contributed by atoms with E-state index in [0.29, 0.717) is 23.7 Å². The minimum Gasteiger partial charge on any atom is -0.493 e. The van der Waals surface area contributed by atoms with Gasteiger partial charge >= 0.3 is 5.97 Å². The Balaban J connectivity index is 1.48. The number of nitrogens with zero attached hydrogens (tertiary/aromatic N) is 3. The zero-order chi connectivity index (χ0) is 28.2. The number of hydrazone groups is 1. The second-order valence-electron chi connectivity index (χ2n) is 9.19. The summed E-state index contributed by atoms with van der Waals surface area (Å²) >= 11 is 6.71. The highest BCUT2D eigenvalue weighted by atomic mass is 79.9. The minimum atomic E-state index is -0.423. The fraction of sp³-hybridized carbons (Fsp3) is 0.276. The molecule has 0 amide bonds. The number of esters is 1. The second kappa shape index (κ2) is 12.4. The van der Waals surface area contributed by atoms with Crippen molar-refractivity contribution in [3.05, 3.63) is 74.2 Å². The van der Waals surface area contributed by atoms with E-state index in [1.165, 1.54) is 11.3 Å². The SMILES string of the molecule is COc1ccc(C2CC(c3cccs3)=NN2c2nc(-c3cc(Br)ccc3OCC(=O)OC(C)C)cs2)cc1OC. The smallest absolute Gasteiger partial charge is 0.344 e. The molecule has 11 heteroatoms. The average molecular weight is 643 g/mol. The van der Waals surface area contributed by atoms with Crippen LogP contribution in [0.25, 0.3) is 11.3 Å². The zero-order valence-electron chi connectivity index (χ0n) is 22.4. The molecule has 0 saturated carbocycles. The van der Waals surface area contributed by atoms with Crippen LogP contribution in [0.15, 0.2) is 68.9 Å². The van der Waals surface area contributed by atoms with E-state index in [1.54, 1.807) is 39.4 Å². The van der Waals surface area contributed by atoms with Gasteiger partial charge in [-0.1, -0.05) is 28.1 Å². The van der Waals surface area contributed by atoms with E-state index in [1.807, 2.05) is 52.9 Å². The van der Waals surface area contributed by atoms with Crippen molar-refractivity contribution in [1.82, 2.24) is 4.98 Å². The molecule has 0 aliphatic carbocycles. The van der Waals surface area contributed by atoms with Gasteiger partial charge in [-0.05, 0) is 61.2 Å². The first-order valence-corrected chi connectivity index (χ1v) is 15.1. The van der Waals surface area contributed by atoms with Crippen LogP contribution in [0.1, 0.15) is 36.8 Å². The summed E-state index contributed by atoms with van der Waals surface area (Å²) in [5.41, 5.74) is 3.53. The molecule has 0 spiro atoms. The highest BCUT2D eigenvalue weighted by molar-refractivity contribution is 9.10. The molecule has 0 radical (unpaired) electrons. The summed E-state index contributed by atoms with van der Waals surface area (Å²) in [5, 5.41) is 11.8. The lowest BCUT2D eigenvalue weighted by molar-refractivity contribution is -0.149. The molecule has 2 aromatic heterocycles. The maximum Gasteiger partial charge on any atom is 0.344 e. The van der Waals surface area contributed by atoms with E-state index in [9.17, 15) is 4.79 Å². The van der Waals surface area contributed by atoms with Crippen LogP contribution in [0.3, 0.4) is 0 Å². The first-order valence-electron chi connectivity index (χ1n) is 12.6. The molecule has 1 aliphatic rings. The van der Waals surface area contributed by atoms with Crippen molar-refractivity contribution in [1.29, 1.82) is 0 Å². The molecule has 8 nitrogen and oxygen atoms in total. The van der Waals surface area contributed by atoms with E-state index in [-0.39, 0.29) is 18.8 Å². The Morgan fingerprint density at radius 2 is 1.88 bits per heavy atom. The first-order chi connectivity index (χ1) is 19.4. The van der Waals surface area contributed by atoms with Crippen LogP contribution in [-0.2, 0) is 9.53 Å². The van der Waals surface area contributed by atoms with Crippen molar-refractivity contribution in [2.75, 3.05) is 25.8 Å². The molecule has 4 aromatic rings. The van der Waals surface area contributed by atoms with Crippen molar-refractivity contribution in [2.45, 2.75) is 32.4 Å². The van der Waals surface area contributed by atoms with Crippen LogP contribution < -0.4 is 19.2 Å². The summed E-state index contributed by atoms with van der Waals surface area (Å²) in [6.45, 7) is 3.42. The zero-order valence-corrected chi connectivity index (χ0v) is 25.6.